The number of ether oxygens (including phenoxy) is 2. The molecule has 0 bridgehead atoms. The lowest BCUT2D eigenvalue weighted by Crippen LogP contribution is -2.16. The molecule has 1 amide bonds. The number of rotatable bonds is 13. The van der Waals surface area contributed by atoms with E-state index in [1.54, 1.807) is 32.0 Å². The quantitative estimate of drug-likeness (QED) is 0.299. The van der Waals surface area contributed by atoms with E-state index in [0.29, 0.717) is 48.2 Å². The summed E-state index contributed by atoms with van der Waals surface area (Å²) in [6.07, 6.45) is 2.80. The van der Waals surface area contributed by atoms with Crippen LogP contribution in [-0.2, 0) is 21.2 Å². The second kappa shape index (κ2) is 13.0. The van der Waals surface area contributed by atoms with Gasteiger partial charge in [-0.1, -0.05) is 19.4 Å². The Balaban J connectivity index is 1.57. The molecule has 0 aliphatic heterocycles. The van der Waals surface area contributed by atoms with Gasteiger partial charge < -0.3 is 14.8 Å². The third-order valence-corrected chi connectivity index (χ3v) is 6.70. The monoisotopic (exact) mass is 526 g/mol. The van der Waals surface area contributed by atoms with Crippen LogP contribution in [0.2, 0.25) is 0 Å². The number of nitrogens with one attached hydrogen (secondary N) is 2. The van der Waals surface area contributed by atoms with Crippen molar-refractivity contribution in [1.82, 2.24) is 9.97 Å². The van der Waals surface area contributed by atoms with Gasteiger partial charge in [0, 0.05) is 23.5 Å². The van der Waals surface area contributed by atoms with E-state index in [2.05, 4.69) is 26.9 Å². The molecule has 0 unspecified atom stereocenters. The number of carbonyl (C=O) groups excluding carboxylic acids is 1. The molecule has 0 atom stereocenters. The zero-order chi connectivity index (χ0) is 26.8. The molecule has 0 saturated heterocycles. The Kier molecular flexibility index (Phi) is 9.85. The van der Waals surface area contributed by atoms with E-state index < -0.39 is 10.0 Å². The highest BCUT2D eigenvalue weighted by Gasteiger charge is 2.16. The van der Waals surface area contributed by atoms with Crippen LogP contribution in [0, 0.1) is 13.8 Å². The van der Waals surface area contributed by atoms with Gasteiger partial charge in [-0.25, -0.2) is 23.1 Å². The third-order valence-electron chi connectivity index (χ3n) is 5.36. The maximum Gasteiger partial charge on any atom is 0.264 e. The summed E-state index contributed by atoms with van der Waals surface area (Å²) >= 11 is 0. The summed E-state index contributed by atoms with van der Waals surface area (Å²) in [6, 6.07) is 13.4. The van der Waals surface area contributed by atoms with E-state index in [-0.39, 0.29) is 23.2 Å². The minimum Gasteiger partial charge on any atom is -0.490 e. The first-order chi connectivity index (χ1) is 17.7. The van der Waals surface area contributed by atoms with Crippen LogP contribution < -0.4 is 19.5 Å². The molecule has 2 aromatic carbocycles. The van der Waals surface area contributed by atoms with Gasteiger partial charge in [-0.05, 0) is 81.6 Å². The highest BCUT2D eigenvalue weighted by molar-refractivity contribution is 7.92. The Hall–Kier alpha value is -3.66. The molecule has 3 aromatic rings. The van der Waals surface area contributed by atoms with Gasteiger partial charge in [-0.15, -0.1) is 0 Å². The topological polar surface area (TPSA) is 120 Å². The minimum absolute atomic E-state index is 0.0166. The number of carbonyl (C=O) groups is 1. The Morgan fingerprint density at radius 1 is 0.919 bits per heavy atom. The molecule has 0 fully saturated rings. The van der Waals surface area contributed by atoms with Gasteiger partial charge >= 0.3 is 0 Å². The fraction of sp³-hybridized carbons (Fsp3) is 0.370. The zero-order valence-corrected chi connectivity index (χ0v) is 22.5. The Bertz CT molecular complexity index is 1290. The molecule has 0 spiro atoms. The Morgan fingerprint density at radius 3 is 2.27 bits per heavy atom. The molecule has 198 valence electrons. The molecular formula is C27H34N4O5S. The van der Waals surface area contributed by atoms with Crippen molar-refractivity contribution in [1.29, 1.82) is 0 Å². The average Bonchev–Trinajstić information content (AvgIpc) is 2.83. The average molecular weight is 527 g/mol. The van der Waals surface area contributed by atoms with Crippen LogP contribution in [0.3, 0.4) is 0 Å². The number of aryl methyl sites for hydroxylation is 3. The number of aromatic nitrogens is 2. The lowest BCUT2D eigenvalue weighted by molar-refractivity contribution is -0.116. The van der Waals surface area contributed by atoms with Gasteiger partial charge in [0.15, 0.2) is 11.5 Å². The van der Waals surface area contributed by atoms with Crippen LogP contribution in [0.1, 0.15) is 50.1 Å². The molecule has 0 aliphatic rings. The fourth-order valence-corrected chi connectivity index (χ4v) is 4.52. The number of nitrogens with zero attached hydrogens (tertiary/aromatic N) is 2. The molecular weight excluding hydrogens is 492 g/mol. The van der Waals surface area contributed by atoms with Crippen LogP contribution in [0.5, 0.6) is 11.5 Å². The van der Waals surface area contributed by atoms with Crippen LogP contribution in [0.25, 0.3) is 0 Å². The predicted octanol–water partition coefficient (Wildman–Crippen LogP) is 5.04. The molecule has 1 heterocycles. The summed E-state index contributed by atoms with van der Waals surface area (Å²) < 4.78 is 39.3. The smallest absolute Gasteiger partial charge is 0.264 e. The number of amides is 1. The number of benzene rings is 2. The molecule has 37 heavy (non-hydrogen) atoms. The van der Waals surface area contributed by atoms with Gasteiger partial charge in [0.2, 0.25) is 11.9 Å². The van der Waals surface area contributed by atoms with E-state index in [0.717, 1.165) is 18.4 Å². The van der Waals surface area contributed by atoms with Crippen molar-refractivity contribution in [2.45, 2.75) is 58.3 Å². The minimum atomic E-state index is -3.87. The summed E-state index contributed by atoms with van der Waals surface area (Å²) in [6.45, 7) is 8.71. The van der Waals surface area contributed by atoms with E-state index in [9.17, 15) is 13.2 Å². The highest BCUT2D eigenvalue weighted by atomic mass is 32.2. The standard InChI is InChI=1S/C27H34N4O5S/c1-5-7-16-36-24-14-8-21(18-25(24)35-6-2)9-15-26(32)30-22-10-12-23(13-11-22)37(33,34)31-27-28-19(3)17-20(4)29-27/h8,10-14,17-18H,5-7,9,15-16H2,1-4H3,(H,30,32)(H,28,29,31). The van der Waals surface area contributed by atoms with Crippen molar-refractivity contribution in [3.63, 3.8) is 0 Å². The molecule has 10 heteroatoms. The molecule has 1 aromatic heterocycles. The van der Waals surface area contributed by atoms with Crippen LogP contribution in [0.4, 0.5) is 11.6 Å². The van der Waals surface area contributed by atoms with Gasteiger partial charge in [0.05, 0.1) is 18.1 Å². The maximum absolute atomic E-state index is 12.7. The maximum atomic E-state index is 12.7. The Morgan fingerprint density at radius 2 is 1.62 bits per heavy atom. The van der Waals surface area contributed by atoms with Crippen LogP contribution >= 0.6 is 0 Å². The fourth-order valence-electron chi connectivity index (χ4n) is 3.57. The van der Waals surface area contributed by atoms with Crippen LogP contribution in [-0.4, -0.2) is 37.5 Å². The SMILES string of the molecule is CCCCOc1ccc(CCC(=O)Nc2ccc(S(=O)(=O)Nc3nc(C)cc(C)n3)cc2)cc1OCC. The normalized spacial score (nSPS) is 11.1. The number of hydrogen-bond acceptors (Lipinski definition) is 7. The second-order valence-corrected chi connectivity index (χ2v) is 10.3. The van der Waals surface area contributed by atoms with Gasteiger partial charge in [-0.3, -0.25) is 4.79 Å². The van der Waals surface area contributed by atoms with Gasteiger partial charge in [-0.2, -0.15) is 0 Å². The van der Waals surface area contributed by atoms with E-state index in [1.807, 2.05) is 25.1 Å². The molecule has 2 N–H and O–H groups in total. The summed E-state index contributed by atoms with van der Waals surface area (Å²) in [5, 5.41) is 2.81. The van der Waals surface area contributed by atoms with Crippen molar-refractivity contribution in [3.05, 3.63) is 65.5 Å². The second-order valence-electron chi connectivity index (χ2n) is 8.57. The zero-order valence-electron chi connectivity index (χ0n) is 21.7. The van der Waals surface area contributed by atoms with Crippen molar-refractivity contribution in [3.8, 4) is 11.5 Å². The van der Waals surface area contributed by atoms with Crippen molar-refractivity contribution in [2.24, 2.45) is 0 Å². The summed E-state index contributed by atoms with van der Waals surface area (Å²) in [5.41, 5.74) is 2.78. The summed E-state index contributed by atoms with van der Waals surface area (Å²) in [4.78, 5) is 20.8. The molecule has 0 radical (unpaired) electrons. The summed E-state index contributed by atoms with van der Waals surface area (Å²) in [5.74, 6) is 1.21. The van der Waals surface area contributed by atoms with E-state index in [1.165, 1.54) is 12.1 Å². The van der Waals surface area contributed by atoms with Crippen molar-refractivity contribution in [2.75, 3.05) is 23.3 Å². The third kappa shape index (κ3) is 8.45. The van der Waals surface area contributed by atoms with Crippen molar-refractivity contribution >= 4 is 27.6 Å². The van der Waals surface area contributed by atoms with Crippen LogP contribution in [0.15, 0.2) is 53.4 Å². The predicted molar refractivity (Wildman–Crippen MR) is 144 cm³/mol. The Labute approximate surface area is 218 Å². The van der Waals surface area contributed by atoms with Crippen molar-refractivity contribution < 1.29 is 22.7 Å². The first-order valence-electron chi connectivity index (χ1n) is 12.3. The molecule has 0 saturated carbocycles. The highest BCUT2D eigenvalue weighted by Crippen LogP contribution is 2.29. The number of unbranched alkanes of at least 4 members (excludes halogenated alkanes) is 1. The van der Waals surface area contributed by atoms with Gasteiger partial charge in [0.1, 0.15) is 0 Å². The van der Waals surface area contributed by atoms with Gasteiger partial charge in [0.25, 0.3) is 10.0 Å². The lowest BCUT2D eigenvalue weighted by atomic mass is 10.1. The van der Waals surface area contributed by atoms with E-state index >= 15 is 0 Å². The number of anilines is 2. The molecule has 0 aliphatic carbocycles. The number of hydrogen-bond donors (Lipinski definition) is 2. The number of sulfonamides is 1. The lowest BCUT2D eigenvalue weighted by Gasteiger charge is -2.13. The first kappa shape index (κ1) is 27.9. The van der Waals surface area contributed by atoms with E-state index in [4.69, 9.17) is 9.47 Å². The summed E-state index contributed by atoms with van der Waals surface area (Å²) in [7, 11) is -3.87. The first-order valence-corrected chi connectivity index (χ1v) is 13.8. The molecule has 9 nitrogen and oxygen atoms in total. The largest absolute Gasteiger partial charge is 0.490 e. The molecule has 3 rings (SSSR count).